The molecule has 0 fully saturated rings. The van der Waals surface area contributed by atoms with Crippen LogP contribution in [0.25, 0.3) is 0 Å². The summed E-state index contributed by atoms with van der Waals surface area (Å²) < 4.78 is 0. The van der Waals surface area contributed by atoms with Crippen LogP contribution in [-0.2, 0) is 9.59 Å². The Labute approximate surface area is 113 Å². The van der Waals surface area contributed by atoms with Gasteiger partial charge < -0.3 is 20.2 Å². The van der Waals surface area contributed by atoms with Gasteiger partial charge in [-0.05, 0) is 12.8 Å². The van der Waals surface area contributed by atoms with Crippen molar-refractivity contribution in [1.29, 1.82) is 0 Å². The molecule has 0 aliphatic heterocycles. The van der Waals surface area contributed by atoms with E-state index in [2.05, 4.69) is 5.32 Å². The summed E-state index contributed by atoms with van der Waals surface area (Å²) >= 11 is 0. The quantitative estimate of drug-likeness (QED) is 0.724. The number of urea groups is 1. The Hall–Kier alpha value is -1.79. The molecule has 1 atom stereocenters. The summed E-state index contributed by atoms with van der Waals surface area (Å²) in [6, 6.07) is -1.44. The predicted molar refractivity (Wildman–Crippen MR) is 70.7 cm³/mol. The van der Waals surface area contributed by atoms with Gasteiger partial charge >= 0.3 is 12.0 Å². The van der Waals surface area contributed by atoms with E-state index in [1.54, 1.807) is 0 Å². The number of hydrogen-bond donors (Lipinski definition) is 2. The van der Waals surface area contributed by atoms with Crippen LogP contribution in [0.5, 0.6) is 0 Å². The van der Waals surface area contributed by atoms with Gasteiger partial charge in [0.05, 0.1) is 0 Å². The molecule has 0 bridgehead atoms. The molecule has 0 heterocycles. The average molecular weight is 273 g/mol. The second kappa shape index (κ2) is 7.60. The Morgan fingerprint density at radius 2 is 1.68 bits per heavy atom. The van der Waals surface area contributed by atoms with Gasteiger partial charge in [-0.3, -0.25) is 4.79 Å². The van der Waals surface area contributed by atoms with Gasteiger partial charge in [-0.2, -0.15) is 0 Å². The molecule has 7 nitrogen and oxygen atoms in total. The smallest absolute Gasteiger partial charge is 0.326 e. The number of likely N-dealkylation sites (N-methyl/N-ethyl adjacent to an activating group) is 2. The molecule has 0 aliphatic carbocycles. The molecule has 0 aliphatic rings. The molecule has 0 aromatic heterocycles. The van der Waals surface area contributed by atoms with Gasteiger partial charge in [0.15, 0.2) is 0 Å². The highest BCUT2D eigenvalue weighted by Crippen LogP contribution is 2.01. The van der Waals surface area contributed by atoms with Gasteiger partial charge in [0.2, 0.25) is 5.91 Å². The van der Waals surface area contributed by atoms with Crippen molar-refractivity contribution in [3.63, 3.8) is 0 Å². The van der Waals surface area contributed by atoms with Gasteiger partial charge in [-0.25, -0.2) is 9.59 Å². The zero-order valence-corrected chi connectivity index (χ0v) is 12.1. The van der Waals surface area contributed by atoms with Crippen LogP contribution in [0.15, 0.2) is 0 Å². The number of rotatable bonds is 6. The number of carbonyl (C=O) groups excluding carboxylic acids is 2. The SMILES string of the molecule is CC(C)CNC(=O)CN(C)C(=O)N(C)C(C)C(=O)O. The van der Waals surface area contributed by atoms with E-state index in [0.717, 1.165) is 4.90 Å². The van der Waals surface area contributed by atoms with Crippen molar-refractivity contribution in [1.82, 2.24) is 15.1 Å². The van der Waals surface area contributed by atoms with Crippen LogP contribution in [0.1, 0.15) is 20.8 Å². The van der Waals surface area contributed by atoms with E-state index >= 15 is 0 Å². The third-order valence-electron chi connectivity index (χ3n) is 2.65. The van der Waals surface area contributed by atoms with Crippen molar-refractivity contribution < 1.29 is 19.5 Å². The normalized spacial score (nSPS) is 11.9. The maximum Gasteiger partial charge on any atom is 0.326 e. The average Bonchev–Trinajstić information content (AvgIpc) is 2.33. The van der Waals surface area contributed by atoms with E-state index < -0.39 is 18.0 Å². The Balaban J connectivity index is 4.34. The molecule has 0 aromatic carbocycles. The van der Waals surface area contributed by atoms with Crippen LogP contribution in [0, 0.1) is 5.92 Å². The topological polar surface area (TPSA) is 90.0 Å². The molecule has 19 heavy (non-hydrogen) atoms. The fraction of sp³-hybridized carbons (Fsp3) is 0.750. The number of carboxylic acids is 1. The van der Waals surface area contributed by atoms with E-state index in [1.807, 2.05) is 13.8 Å². The predicted octanol–water partition coefficient (Wildman–Crippen LogP) is 0.215. The highest BCUT2D eigenvalue weighted by molar-refractivity contribution is 5.86. The maximum atomic E-state index is 11.9. The van der Waals surface area contributed by atoms with Crippen molar-refractivity contribution in [2.24, 2.45) is 5.92 Å². The lowest BCUT2D eigenvalue weighted by Gasteiger charge is -2.27. The number of hydrogen-bond acceptors (Lipinski definition) is 3. The Kier molecular flexibility index (Phi) is 6.89. The van der Waals surface area contributed by atoms with Crippen LogP contribution in [0.2, 0.25) is 0 Å². The first-order valence-corrected chi connectivity index (χ1v) is 6.14. The summed E-state index contributed by atoms with van der Waals surface area (Å²) in [4.78, 5) is 36.5. The molecular weight excluding hydrogens is 250 g/mol. The number of carboxylic acid groups (broad SMARTS) is 1. The van der Waals surface area contributed by atoms with Crippen LogP contribution < -0.4 is 5.32 Å². The van der Waals surface area contributed by atoms with Crippen LogP contribution >= 0.6 is 0 Å². The molecule has 3 amide bonds. The molecule has 7 heteroatoms. The lowest BCUT2D eigenvalue weighted by molar-refractivity contribution is -0.141. The largest absolute Gasteiger partial charge is 0.480 e. The third kappa shape index (κ3) is 6.08. The maximum absolute atomic E-state index is 11.9. The molecule has 1 unspecified atom stereocenters. The molecule has 2 N–H and O–H groups in total. The van der Waals surface area contributed by atoms with Crippen molar-refractivity contribution in [3.05, 3.63) is 0 Å². The molecule has 110 valence electrons. The zero-order chi connectivity index (χ0) is 15.2. The van der Waals surface area contributed by atoms with E-state index in [1.165, 1.54) is 25.9 Å². The highest BCUT2D eigenvalue weighted by atomic mass is 16.4. The number of nitrogens with zero attached hydrogens (tertiary/aromatic N) is 2. The molecule has 0 spiro atoms. The molecule has 0 saturated heterocycles. The van der Waals surface area contributed by atoms with Crippen LogP contribution in [0.3, 0.4) is 0 Å². The van der Waals surface area contributed by atoms with Crippen molar-refractivity contribution in [2.75, 3.05) is 27.2 Å². The fourth-order valence-electron chi connectivity index (χ4n) is 1.26. The number of nitrogens with one attached hydrogen (secondary N) is 1. The second-order valence-electron chi connectivity index (χ2n) is 4.96. The third-order valence-corrected chi connectivity index (χ3v) is 2.65. The molecule has 0 saturated carbocycles. The summed E-state index contributed by atoms with van der Waals surface area (Å²) in [6.07, 6.45) is 0. The monoisotopic (exact) mass is 273 g/mol. The van der Waals surface area contributed by atoms with Crippen LogP contribution in [-0.4, -0.2) is 66.0 Å². The lowest BCUT2D eigenvalue weighted by atomic mass is 10.2. The summed E-state index contributed by atoms with van der Waals surface area (Å²) in [7, 11) is 2.85. The Morgan fingerprint density at radius 3 is 2.11 bits per heavy atom. The zero-order valence-electron chi connectivity index (χ0n) is 12.1. The summed E-state index contributed by atoms with van der Waals surface area (Å²) in [5, 5.41) is 11.5. The Morgan fingerprint density at radius 1 is 1.16 bits per heavy atom. The van der Waals surface area contributed by atoms with E-state index in [9.17, 15) is 14.4 Å². The van der Waals surface area contributed by atoms with Gasteiger partial charge in [-0.15, -0.1) is 0 Å². The molecule has 0 rings (SSSR count). The lowest BCUT2D eigenvalue weighted by Crippen LogP contribution is -2.49. The van der Waals surface area contributed by atoms with Crippen molar-refractivity contribution >= 4 is 17.9 Å². The molecular formula is C12H23N3O4. The first kappa shape index (κ1) is 17.2. The summed E-state index contributed by atoms with van der Waals surface area (Å²) in [5.74, 6) is -1.02. The van der Waals surface area contributed by atoms with Crippen LogP contribution in [0.4, 0.5) is 4.79 Å². The van der Waals surface area contributed by atoms with Gasteiger partial charge in [0.25, 0.3) is 0 Å². The second-order valence-corrected chi connectivity index (χ2v) is 4.96. The van der Waals surface area contributed by atoms with E-state index in [4.69, 9.17) is 5.11 Å². The number of carbonyl (C=O) groups is 3. The Bertz CT molecular complexity index is 344. The minimum absolute atomic E-state index is 0.0950. The van der Waals surface area contributed by atoms with Crippen molar-refractivity contribution in [2.45, 2.75) is 26.8 Å². The first-order chi connectivity index (χ1) is 8.66. The number of aliphatic carboxylic acids is 1. The highest BCUT2D eigenvalue weighted by Gasteiger charge is 2.25. The molecule has 0 aromatic rings. The minimum atomic E-state index is -1.09. The van der Waals surface area contributed by atoms with E-state index in [0.29, 0.717) is 12.5 Å². The fourth-order valence-corrected chi connectivity index (χ4v) is 1.26. The van der Waals surface area contributed by atoms with Crippen molar-refractivity contribution in [3.8, 4) is 0 Å². The number of amides is 3. The first-order valence-electron chi connectivity index (χ1n) is 6.14. The van der Waals surface area contributed by atoms with Gasteiger partial charge in [0.1, 0.15) is 12.6 Å². The molecule has 0 radical (unpaired) electrons. The van der Waals surface area contributed by atoms with Gasteiger partial charge in [-0.1, -0.05) is 13.8 Å². The minimum Gasteiger partial charge on any atom is -0.480 e. The summed E-state index contributed by atoms with van der Waals surface area (Å²) in [6.45, 7) is 5.80. The standard InChI is InChI=1S/C12H23N3O4/c1-8(2)6-13-10(16)7-14(4)12(19)15(5)9(3)11(17)18/h8-9H,6-7H2,1-5H3,(H,13,16)(H,17,18). The van der Waals surface area contributed by atoms with E-state index in [-0.39, 0.29) is 12.5 Å². The van der Waals surface area contributed by atoms with Gasteiger partial charge in [0, 0.05) is 20.6 Å². The summed E-state index contributed by atoms with van der Waals surface area (Å²) in [5.41, 5.74) is 0.